The first-order chi connectivity index (χ1) is 11.4. The van der Waals surface area contributed by atoms with Gasteiger partial charge in [0.05, 0.1) is 5.69 Å². The first kappa shape index (κ1) is 18.2. The van der Waals surface area contributed by atoms with E-state index in [1.807, 2.05) is 0 Å². The molecule has 0 spiro atoms. The molecule has 0 saturated heterocycles. The molecule has 1 fully saturated rings. The van der Waals surface area contributed by atoms with Crippen LogP contribution in [0.1, 0.15) is 46.0 Å². The smallest absolute Gasteiger partial charge is 0.321 e. The Morgan fingerprint density at radius 3 is 2.50 bits per heavy atom. The summed E-state index contributed by atoms with van der Waals surface area (Å²) in [5, 5.41) is 5.18. The Balaban J connectivity index is 2.01. The van der Waals surface area contributed by atoms with E-state index in [9.17, 15) is 14.0 Å². The zero-order chi connectivity index (χ0) is 17.7. The number of hydrogen-bond acceptors (Lipinski definition) is 2. The molecule has 1 aliphatic rings. The van der Waals surface area contributed by atoms with E-state index in [1.165, 1.54) is 44.4 Å². The summed E-state index contributed by atoms with van der Waals surface area (Å²) in [6, 6.07) is 4.06. The second kappa shape index (κ2) is 8.13. The lowest BCUT2D eigenvalue weighted by Gasteiger charge is -2.34. The van der Waals surface area contributed by atoms with Crippen LogP contribution >= 0.6 is 0 Å². The van der Waals surface area contributed by atoms with Gasteiger partial charge in [0, 0.05) is 25.7 Å². The van der Waals surface area contributed by atoms with Crippen molar-refractivity contribution in [3.63, 3.8) is 0 Å². The molecule has 0 heterocycles. The molecule has 0 bridgehead atoms. The number of urea groups is 1. The van der Waals surface area contributed by atoms with Crippen molar-refractivity contribution in [3.8, 4) is 0 Å². The standard InChI is InChI=1S/C18H26FN3O2/c1-12(14-7-5-4-6-8-14)22(3)18(24)21-15-9-10-16(19)17(11-15)20-13(2)23/h9-12,14H,4-8H2,1-3H3,(H,20,23)(H,21,24)/t12-/m1/s1. The highest BCUT2D eigenvalue weighted by atomic mass is 19.1. The Labute approximate surface area is 142 Å². The molecule has 1 aromatic carbocycles. The van der Waals surface area contributed by atoms with Gasteiger partial charge >= 0.3 is 6.03 Å². The normalized spacial score (nSPS) is 16.3. The van der Waals surface area contributed by atoms with Gasteiger partial charge in [-0.15, -0.1) is 0 Å². The van der Waals surface area contributed by atoms with E-state index >= 15 is 0 Å². The number of carbonyl (C=O) groups excluding carboxylic acids is 2. The highest BCUT2D eigenvalue weighted by Crippen LogP contribution is 2.29. The maximum atomic E-state index is 13.7. The molecular formula is C18H26FN3O2. The van der Waals surface area contributed by atoms with Gasteiger partial charge in [0.2, 0.25) is 5.91 Å². The molecule has 2 N–H and O–H groups in total. The van der Waals surface area contributed by atoms with E-state index in [2.05, 4.69) is 17.6 Å². The van der Waals surface area contributed by atoms with Gasteiger partial charge in [-0.1, -0.05) is 19.3 Å². The first-order valence-corrected chi connectivity index (χ1v) is 8.49. The first-order valence-electron chi connectivity index (χ1n) is 8.49. The molecule has 0 aliphatic heterocycles. The highest BCUT2D eigenvalue weighted by molar-refractivity contribution is 5.92. The van der Waals surface area contributed by atoms with Crippen molar-refractivity contribution in [2.24, 2.45) is 5.92 Å². The summed E-state index contributed by atoms with van der Waals surface area (Å²) >= 11 is 0. The molecule has 1 atom stereocenters. The van der Waals surface area contributed by atoms with E-state index in [0.717, 1.165) is 12.8 Å². The highest BCUT2D eigenvalue weighted by Gasteiger charge is 2.26. The van der Waals surface area contributed by atoms with Crippen LogP contribution in [0.4, 0.5) is 20.6 Å². The van der Waals surface area contributed by atoms with Crippen molar-refractivity contribution in [2.75, 3.05) is 17.7 Å². The van der Waals surface area contributed by atoms with Gasteiger partial charge in [0.25, 0.3) is 0 Å². The third-order valence-corrected chi connectivity index (χ3v) is 4.79. The third kappa shape index (κ3) is 4.69. The van der Waals surface area contributed by atoms with Gasteiger partial charge in [-0.2, -0.15) is 0 Å². The van der Waals surface area contributed by atoms with E-state index < -0.39 is 5.82 Å². The van der Waals surface area contributed by atoms with Crippen LogP contribution in [0.2, 0.25) is 0 Å². The maximum Gasteiger partial charge on any atom is 0.321 e. The van der Waals surface area contributed by atoms with Crippen molar-refractivity contribution < 1.29 is 14.0 Å². The number of anilines is 2. The molecule has 0 unspecified atom stereocenters. The number of nitrogens with zero attached hydrogens (tertiary/aromatic N) is 1. The third-order valence-electron chi connectivity index (χ3n) is 4.79. The molecule has 1 aromatic rings. The molecule has 0 radical (unpaired) electrons. The molecule has 6 heteroatoms. The molecule has 3 amide bonds. The van der Waals surface area contributed by atoms with Gasteiger partial charge in [0.15, 0.2) is 0 Å². The fourth-order valence-corrected chi connectivity index (χ4v) is 3.22. The number of benzene rings is 1. The van der Waals surface area contributed by atoms with Crippen LogP contribution in [0.15, 0.2) is 18.2 Å². The van der Waals surface area contributed by atoms with Crippen molar-refractivity contribution in [1.29, 1.82) is 0 Å². The van der Waals surface area contributed by atoms with E-state index in [4.69, 9.17) is 0 Å². The average molecular weight is 335 g/mol. The predicted molar refractivity (Wildman–Crippen MR) is 93.5 cm³/mol. The molecule has 24 heavy (non-hydrogen) atoms. The fraction of sp³-hybridized carbons (Fsp3) is 0.556. The lowest BCUT2D eigenvalue weighted by atomic mass is 9.84. The number of halogens is 1. The summed E-state index contributed by atoms with van der Waals surface area (Å²) < 4.78 is 13.7. The van der Waals surface area contributed by atoms with E-state index in [1.54, 1.807) is 11.9 Å². The van der Waals surface area contributed by atoms with Gasteiger partial charge < -0.3 is 15.5 Å². The molecule has 0 aromatic heterocycles. The Morgan fingerprint density at radius 1 is 1.21 bits per heavy atom. The minimum Gasteiger partial charge on any atom is -0.325 e. The van der Waals surface area contributed by atoms with Crippen LogP contribution in [0.25, 0.3) is 0 Å². The number of rotatable bonds is 4. The topological polar surface area (TPSA) is 61.4 Å². The summed E-state index contributed by atoms with van der Waals surface area (Å²) in [7, 11) is 1.78. The molecule has 1 saturated carbocycles. The predicted octanol–water partition coefficient (Wildman–Crippen LogP) is 4.22. The Bertz CT molecular complexity index is 600. The quantitative estimate of drug-likeness (QED) is 0.865. The summed E-state index contributed by atoms with van der Waals surface area (Å²) in [6.45, 7) is 3.38. The van der Waals surface area contributed by atoms with Gasteiger partial charge in [-0.05, 0) is 43.9 Å². The van der Waals surface area contributed by atoms with Crippen LogP contribution in [0.3, 0.4) is 0 Å². The largest absolute Gasteiger partial charge is 0.325 e. The summed E-state index contributed by atoms with van der Waals surface area (Å²) in [6.07, 6.45) is 6.04. The van der Waals surface area contributed by atoms with E-state index in [-0.39, 0.29) is 23.7 Å². The summed E-state index contributed by atoms with van der Waals surface area (Å²) in [5.74, 6) is -0.370. The number of carbonyl (C=O) groups is 2. The van der Waals surface area contributed by atoms with Crippen molar-refractivity contribution >= 4 is 23.3 Å². The van der Waals surface area contributed by atoms with Crippen LogP contribution in [0.5, 0.6) is 0 Å². The molecule has 1 aliphatic carbocycles. The Hall–Kier alpha value is -2.11. The summed E-state index contributed by atoms with van der Waals surface area (Å²) in [4.78, 5) is 25.3. The molecule has 5 nitrogen and oxygen atoms in total. The maximum absolute atomic E-state index is 13.7. The number of nitrogens with one attached hydrogen (secondary N) is 2. The minimum atomic E-state index is -0.535. The Kier molecular flexibility index (Phi) is 6.17. The van der Waals surface area contributed by atoms with Crippen LogP contribution in [-0.4, -0.2) is 29.9 Å². The minimum absolute atomic E-state index is 0.0586. The molecule has 132 valence electrons. The fourth-order valence-electron chi connectivity index (χ4n) is 3.22. The summed E-state index contributed by atoms with van der Waals surface area (Å²) in [5.41, 5.74) is 0.510. The number of amides is 3. The Morgan fingerprint density at radius 2 is 1.88 bits per heavy atom. The van der Waals surface area contributed by atoms with Crippen LogP contribution in [0, 0.1) is 11.7 Å². The van der Waals surface area contributed by atoms with Gasteiger partial charge in [-0.25, -0.2) is 9.18 Å². The van der Waals surface area contributed by atoms with Gasteiger partial charge in [-0.3, -0.25) is 4.79 Å². The van der Waals surface area contributed by atoms with Crippen LogP contribution < -0.4 is 10.6 Å². The second-order valence-electron chi connectivity index (χ2n) is 6.56. The number of hydrogen-bond donors (Lipinski definition) is 2. The second-order valence-corrected chi connectivity index (χ2v) is 6.56. The lowest BCUT2D eigenvalue weighted by molar-refractivity contribution is -0.114. The van der Waals surface area contributed by atoms with Crippen molar-refractivity contribution in [2.45, 2.75) is 52.0 Å². The zero-order valence-corrected chi connectivity index (χ0v) is 14.6. The van der Waals surface area contributed by atoms with Crippen molar-refractivity contribution in [3.05, 3.63) is 24.0 Å². The van der Waals surface area contributed by atoms with Crippen molar-refractivity contribution in [1.82, 2.24) is 4.90 Å². The monoisotopic (exact) mass is 335 g/mol. The van der Waals surface area contributed by atoms with Crippen LogP contribution in [-0.2, 0) is 4.79 Å². The lowest BCUT2D eigenvalue weighted by Crippen LogP contribution is -2.42. The SMILES string of the molecule is CC(=O)Nc1cc(NC(=O)N(C)[C@H](C)C2CCCCC2)ccc1F. The zero-order valence-electron chi connectivity index (χ0n) is 14.6. The molecular weight excluding hydrogens is 309 g/mol. The van der Waals surface area contributed by atoms with E-state index in [0.29, 0.717) is 11.6 Å². The van der Waals surface area contributed by atoms with Gasteiger partial charge in [0.1, 0.15) is 5.82 Å². The molecule has 2 rings (SSSR count). The average Bonchev–Trinajstić information content (AvgIpc) is 2.56.